The van der Waals surface area contributed by atoms with Crippen LogP contribution in [0.1, 0.15) is 24.8 Å². The van der Waals surface area contributed by atoms with Gasteiger partial charge in [-0.05, 0) is 44.0 Å². The van der Waals surface area contributed by atoms with Crippen LogP contribution in [-0.2, 0) is 6.42 Å². The Bertz CT molecular complexity index is 610. The molecule has 2 heterocycles. The lowest BCUT2D eigenvalue weighted by Crippen LogP contribution is -2.31. The lowest BCUT2D eigenvalue weighted by molar-refractivity contribution is 0.231. The second kappa shape index (κ2) is 6.91. The van der Waals surface area contributed by atoms with Crippen LogP contribution in [0.5, 0.6) is 0 Å². The van der Waals surface area contributed by atoms with Gasteiger partial charge in [0.1, 0.15) is 5.82 Å². The lowest BCUT2D eigenvalue weighted by atomic mass is 10.0. The zero-order valence-corrected chi connectivity index (χ0v) is 12.9. The molecular formula is C15H22ClN5. The van der Waals surface area contributed by atoms with E-state index in [2.05, 4.69) is 20.9 Å². The molecule has 0 radical (unpaired) electrons. The third kappa shape index (κ3) is 3.54. The number of fused-ring (bicyclic) bond motifs is 1. The van der Waals surface area contributed by atoms with Crippen LogP contribution in [0.3, 0.4) is 0 Å². The maximum Gasteiger partial charge on any atom is 0.222 e. The Morgan fingerprint density at radius 2 is 1.81 bits per heavy atom. The third-order valence-corrected chi connectivity index (χ3v) is 4.00. The molecule has 1 saturated heterocycles. The van der Waals surface area contributed by atoms with Crippen molar-refractivity contribution in [2.24, 2.45) is 0 Å². The molecule has 0 aliphatic carbocycles. The van der Waals surface area contributed by atoms with Crippen molar-refractivity contribution in [2.75, 3.05) is 31.1 Å². The molecule has 0 spiro atoms. The highest BCUT2D eigenvalue weighted by Crippen LogP contribution is 2.24. The molecule has 1 aliphatic heterocycles. The van der Waals surface area contributed by atoms with Gasteiger partial charge < -0.3 is 16.4 Å². The molecule has 3 rings (SSSR count). The highest BCUT2D eigenvalue weighted by molar-refractivity contribution is 5.91. The zero-order chi connectivity index (χ0) is 13.9. The van der Waals surface area contributed by atoms with E-state index in [-0.39, 0.29) is 18.4 Å². The first-order valence-electron chi connectivity index (χ1n) is 7.27. The molecule has 0 atom stereocenters. The maximum absolute atomic E-state index is 6.02. The van der Waals surface area contributed by atoms with Crippen LogP contribution in [0.25, 0.3) is 10.9 Å². The van der Waals surface area contributed by atoms with Crippen molar-refractivity contribution in [1.82, 2.24) is 14.9 Å². The summed E-state index contributed by atoms with van der Waals surface area (Å²) in [5.41, 5.74) is 13.7. The Hall–Kier alpha value is -1.59. The summed E-state index contributed by atoms with van der Waals surface area (Å²) in [4.78, 5) is 10.9. The molecule has 0 saturated carbocycles. The fourth-order valence-corrected chi connectivity index (χ4v) is 2.97. The number of piperidine rings is 1. The number of likely N-dealkylation sites (tertiary alicyclic amines) is 1. The Balaban J connectivity index is 0.00000161. The molecule has 1 aromatic heterocycles. The summed E-state index contributed by atoms with van der Waals surface area (Å²) in [7, 11) is 0. The lowest BCUT2D eigenvalue weighted by Gasteiger charge is -2.26. The largest absolute Gasteiger partial charge is 0.383 e. The number of hydrogen-bond acceptors (Lipinski definition) is 5. The Morgan fingerprint density at radius 3 is 2.57 bits per heavy atom. The number of nitrogens with zero attached hydrogens (tertiary/aromatic N) is 3. The minimum atomic E-state index is 0. The predicted octanol–water partition coefficient (Wildman–Crippen LogP) is 2.24. The van der Waals surface area contributed by atoms with Gasteiger partial charge in [-0.15, -0.1) is 12.4 Å². The van der Waals surface area contributed by atoms with Crippen LogP contribution in [-0.4, -0.2) is 34.5 Å². The average Bonchev–Trinajstić information content (AvgIpc) is 2.45. The smallest absolute Gasteiger partial charge is 0.222 e. The number of benzene rings is 1. The molecule has 1 aliphatic rings. The molecule has 21 heavy (non-hydrogen) atoms. The zero-order valence-electron chi connectivity index (χ0n) is 12.1. The summed E-state index contributed by atoms with van der Waals surface area (Å²) >= 11 is 0. The van der Waals surface area contributed by atoms with Crippen molar-refractivity contribution in [2.45, 2.75) is 25.7 Å². The second-order valence-corrected chi connectivity index (χ2v) is 5.43. The van der Waals surface area contributed by atoms with Crippen molar-refractivity contribution in [3.63, 3.8) is 0 Å². The van der Waals surface area contributed by atoms with Crippen LogP contribution in [0.2, 0.25) is 0 Å². The van der Waals surface area contributed by atoms with Gasteiger partial charge in [0.25, 0.3) is 0 Å². The number of aromatic nitrogens is 2. The molecule has 2 aromatic rings. The molecule has 6 heteroatoms. The average molecular weight is 308 g/mol. The molecule has 0 unspecified atom stereocenters. The van der Waals surface area contributed by atoms with E-state index in [0.717, 1.165) is 23.9 Å². The molecule has 0 amide bonds. The van der Waals surface area contributed by atoms with Crippen molar-refractivity contribution in [3.05, 3.63) is 23.8 Å². The van der Waals surface area contributed by atoms with Crippen LogP contribution < -0.4 is 11.5 Å². The van der Waals surface area contributed by atoms with Gasteiger partial charge in [-0.1, -0.05) is 18.6 Å². The highest BCUT2D eigenvalue weighted by atomic mass is 35.5. The molecule has 0 bridgehead atoms. The van der Waals surface area contributed by atoms with Gasteiger partial charge in [0.2, 0.25) is 5.95 Å². The van der Waals surface area contributed by atoms with Gasteiger partial charge in [0.05, 0.1) is 5.52 Å². The fraction of sp³-hybridized carbons (Fsp3) is 0.467. The summed E-state index contributed by atoms with van der Waals surface area (Å²) in [6, 6.07) is 6.07. The predicted molar refractivity (Wildman–Crippen MR) is 89.6 cm³/mol. The van der Waals surface area contributed by atoms with Gasteiger partial charge in [0.15, 0.2) is 0 Å². The monoisotopic (exact) mass is 307 g/mol. The van der Waals surface area contributed by atoms with E-state index in [1.807, 2.05) is 12.1 Å². The first kappa shape index (κ1) is 15.8. The second-order valence-electron chi connectivity index (χ2n) is 5.43. The highest BCUT2D eigenvalue weighted by Gasteiger charge is 2.12. The summed E-state index contributed by atoms with van der Waals surface area (Å²) in [6.07, 6.45) is 4.98. The van der Waals surface area contributed by atoms with E-state index in [9.17, 15) is 0 Å². The van der Waals surface area contributed by atoms with Crippen LogP contribution in [0.15, 0.2) is 18.2 Å². The molecule has 4 N–H and O–H groups in total. The van der Waals surface area contributed by atoms with Crippen LogP contribution in [0.4, 0.5) is 11.8 Å². The summed E-state index contributed by atoms with van der Waals surface area (Å²) in [5.74, 6) is 0.727. The molecular weight excluding hydrogens is 286 g/mol. The molecule has 1 fully saturated rings. The van der Waals surface area contributed by atoms with Crippen LogP contribution >= 0.6 is 12.4 Å². The van der Waals surface area contributed by atoms with E-state index in [0.29, 0.717) is 5.82 Å². The summed E-state index contributed by atoms with van der Waals surface area (Å²) in [5, 5.41) is 0.957. The minimum absolute atomic E-state index is 0. The molecule has 5 nitrogen and oxygen atoms in total. The normalized spacial score (nSPS) is 15.8. The van der Waals surface area contributed by atoms with Gasteiger partial charge in [0, 0.05) is 11.9 Å². The van der Waals surface area contributed by atoms with Gasteiger partial charge in [-0.25, -0.2) is 4.98 Å². The first-order chi connectivity index (χ1) is 9.74. The Kier molecular flexibility index (Phi) is 5.20. The van der Waals surface area contributed by atoms with Crippen molar-refractivity contribution in [3.8, 4) is 0 Å². The first-order valence-corrected chi connectivity index (χ1v) is 7.27. The van der Waals surface area contributed by atoms with E-state index >= 15 is 0 Å². The fourth-order valence-electron chi connectivity index (χ4n) is 2.97. The number of hydrogen-bond donors (Lipinski definition) is 2. The van der Waals surface area contributed by atoms with Crippen molar-refractivity contribution >= 4 is 35.1 Å². The topological polar surface area (TPSA) is 81.1 Å². The number of nitrogens with two attached hydrogens (primary N) is 2. The van der Waals surface area contributed by atoms with Gasteiger partial charge in [-0.3, -0.25) is 0 Å². The van der Waals surface area contributed by atoms with Gasteiger partial charge >= 0.3 is 0 Å². The van der Waals surface area contributed by atoms with E-state index < -0.39 is 0 Å². The number of halogens is 1. The van der Waals surface area contributed by atoms with Crippen molar-refractivity contribution in [1.29, 1.82) is 0 Å². The SMILES string of the molecule is Cl.Nc1nc(N)c2c(CCN3CCCCC3)cccc2n1. The number of anilines is 2. The van der Waals surface area contributed by atoms with E-state index in [1.165, 1.54) is 37.9 Å². The maximum atomic E-state index is 6.02. The summed E-state index contributed by atoms with van der Waals surface area (Å²) < 4.78 is 0. The van der Waals surface area contributed by atoms with Crippen LogP contribution in [0, 0.1) is 0 Å². The number of nitrogen functional groups attached to an aromatic ring is 2. The summed E-state index contributed by atoms with van der Waals surface area (Å²) in [6.45, 7) is 3.50. The van der Waals surface area contributed by atoms with E-state index in [1.54, 1.807) is 0 Å². The quantitative estimate of drug-likeness (QED) is 0.909. The van der Waals surface area contributed by atoms with E-state index in [4.69, 9.17) is 11.5 Å². The minimum Gasteiger partial charge on any atom is -0.383 e. The van der Waals surface area contributed by atoms with Gasteiger partial charge in [-0.2, -0.15) is 4.98 Å². The molecule has 114 valence electrons. The number of rotatable bonds is 3. The third-order valence-electron chi connectivity index (χ3n) is 4.00. The standard InChI is InChI=1S/C15H21N5.ClH/c16-14-13-11(7-10-20-8-2-1-3-9-20)5-4-6-12(13)18-15(17)19-14;/h4-6H,1-3,7-10H2,(H4,16,17,18,19);1H. The Labute approximate surface area is 131 Å². The molecule has 1 aromatic carbocycles. The van der Waals surface area contributed by atoms with Crippen molar-refractivity contribution < 1.29 is 0 Å². The Morgan fingerprint density at radius 1 is 1.05 bits per heavy atom.